The van der Waals surface area contributed by atoms with Gasteiger partial charge in [-0.3, -0.25) is 9.59 Å². The van der Waals surface area contributed by atoms with Crippen LogP contribution in [0.1, 0.15) is 12.8 Å². The number of amides is 2. The number of rotatable bonds is 12. The van der Waals surface area contributed by atoms with Crippen LogP contribution >= 0.6 is 0 Å². The van der Waals surface area contributed by atoms with Gasteiger partial charge in [0.15, 0.2) is 0 Å². The zero-order valence-electron chi connectivity index (χ0n) is 11.6. The SMILES string of the molecule is C=CC[C@H](CC(=O)NCCOCCO)C(=O)NCCO. The number of hydrogen-bond donors (Lipinski definition) is 4. The Hall–Kier alpha value is -1.44. The second kappa shape index (κ2) is 12.6. The first-order chi connectivity index (χ1) is 9.65. The van der Waals surface area contributed by atoms with E-state index in [4.69, 9.17) is 14.9 Å². The molecule has 0 rings (SSSR count). The fourth-order valence-corrected chi connectivity index (χ4v) is 1.53. The van der Waals surface area contributed by atoms with Gasteiger partial charge in [0.25, 0.3) is 0 Å². The lowest BCUT2D eigenvalue weighted by Crippen LogP contribution is -2.36. The van der Waals surface area contributed by atoms with Gasteiger partial charge in [0.1, 0.15) is 0 Å². The average molecular weight is 288 g/mol. The molecule has 2 amide bonds. The van der Waals surface area contributed by atoms with Gasteiger partial charge >= 0.3 is 0 Å². The summed E-state index contributed by atoms with van der Waals surface area (Å²) in [4.78, 5) is 23.4. The maximum atomic E-state index is 11.7. The third kappa shape index (κ3) is 9.48. The molecule has 0 aromatic heterocycles. The van der Waals surface area contributed by atoms with Gasteiger partial charge in [-0.05, 0) is 6.42 Å². The minimum atomic E-state index is -0.489. The topological polar surface area (TPSA) is 108 Å². The highest BCUT2D eigenvalue weighted by Crippen LogP contribution is 2.09. The molecule has 116 valence electrons. The lowest BCUT2D eigenvalue weighted by Gasteiger charge is -2.14. The standard InChI is InChI=1S/C13H24N2O5/c1-2-3-11(13(19)15-4-6-16)10-12(18)14-5-8-20-9-7-17/h2,11,16-17H,1,3-10H2,(H,14,18)(H,15,19)/t11-/m1/s1. The molecule has 7 nitrogen and oxygen atoms in total. The molecule has 0 aliphatic heterocycles. The highest BCUT2D eigenvalue weighted by molar-refractivity contribution is 5.85. The fraction of sp³-hybridized carbons (Fsp3) is 0.692. The summed E-state index contributed by atoms with van der Waals surface area (Å²) in [5, 5.41) is 22.3. The summed E-state index contributed by atoms with van der Waals surface area (Å²) in [5.41, 5.74) is 0. The maximum Gasteiger partial charge on any atom is 0.224 e. The van der Waals surface area contributed by atoms with Crippen molar-refractivity contribution < 1.29 is 24.5 Å². The third-order valence-corrected chi connectivity index (χ3v) is 2.47. The first-order valence-corrected chi connectivity index (χ1v) is 6.60. The van der Waals surface area contributed by atoms with Crippen molar-refractivity contribution in [1.29, 1.82) is 0 Å². The summed E-state index contributed by atoms with van der Waals surface area (Å²) < 4.78 is 5.00. The number of aliphatic hydroxyl groups excluding tert-OH is 2. The quantitative estimate of drug-likeness (QED) is 0.266. The minimum absolute atomic E-state index is 0.0552. The average Bonchev–Trinajstić information content (AvgIpc) is 2.44. The molecular weight excluding hydrogens is 264 g/mol. The molecule has 0 fully saturated rings. The Kier molecular flexibility index (Phi) is 11.7. The predicted octanol–water partition coefficient (Wildman–Crippen LogP) is -1.20. The molecule has 0 radical (unpaired) electrons. The normalized spacial score (nSPS) is 11.7. The van der Waals surface area contributed by atoms with Gasteiger partial charge in [0.2, 0.25) is 11.8 Å². The van der Waals surface area contributed by atoms with E-state index in [-0.39, 0.29) is 44.6 Å². The number of allylic oxidation sites excluding steroid dienone is 1. The fourth-order valence-electron chi connectivity index (χ4n) is 1.53. The zero-order chi connectivity index (χ0) is 15.2. The summed E-state index contributed by atoms with van der Waals surface area (Å²) in [6, 6.07) is 0. The van der Waals surface area contributed by atoms with Crippen molar-refractivity contribution in [2.24, 2.45) is 5.92 Å². The Morgan fingerprint density at radius 1 is 1.15 bits per heavy atom. The molecule has 0 aromatic carbocycles. The molecule has 0 unspecified atom stereocenters. The smallest absolute Gasteiger partial charge is 0.224 e. The van der Waals surface area contributed by atoms with Crippen LogP contribution in [0.2, 0.25) is 0 Å². The summed E-state index contributed by atoms with van der Waals surface area (Å²) in [6.45, 7) is 4.42. The Balaban J connectivity index is 4.00. The lowest BCUT2D eigenvalue weighted by molar-refractivity contribution is -0.130. The monoisotopic (exact) mass is 288 g/mol. The van der Waals surface area contributed by atoms with Crippen LogP contribution in [-0.2, 0) is 14.3 Å². The molecule has 0 saturated carbocycles. The van der Waals surface area contributed by atoms with Crippen molar-refractivity contribution in [2.45, 2.75) is 12.8 Å². The van der Waals surface area contributed by atoms with Gasteiger partial charge in [0.05, 0.1) is 32.3 Å². The number of ether oxygens (including phenoxy) is 1. The molecule has 7 heteroatoms. The molecule has 1 atom stereocenters. The highest BCUT2D eigenvalue weighted by Gasteiger charge is 2.20. The highest BCUT2D eigenvalue weighted by atomic mass is 16.5. The van der Waals surface area contributed by atoms with E-state index in [0.717, 1.165) is 0 Å². The van der Waals surface area contributed by atoms with Crippen LogP contribution in [0, 0.1) is 5.92 Å². The van der Waals surface area contributed by atoms with E-state index >= 15 is 0 Å². The molecule has 0 spiro atoms. The van der Waals surface area contributed by atoms with E-state index in [1.807, 2.05) is 0 Å². The molecule has 0 bridgehead atoms. The van der Waals surface area contributed by atoms with E-state index in [1.165, 1.54) is 0 Å². The van der Waals surface area contributed by atoms with Crippen molar-refractivity contribution in [2.75, 3.05) is 39.5 Å². The van der Waals surface area contributed by atoms with E-state index < -0.39 is 5.92 Å². The first kappa shape index (κ1) is 18.6. The van der Waals surface area contributed by atoms with Crippen molar-refractivity contribution in [1.82, 2.24) is 10.6 Å². The number of hydrogen-bond acceptors (Lipinski definition) is 5. The van der Waals surface area contributed by atoms with Gasteiger partial charge < -0.3 is 25.6 Å². The van der Waals surface area contributed by atoms with Crippen LogP contribution in [0.4, 0.5) is 0 Å². The van der Waals surface area contributed by atoms with Crippen LogP contribution in [-0.4, -0.2) is 61.5 Å². The summed E-state index contributed by atoms with van der Waals surface area (Å²) in [5.74, 6) is -1.01. The number of carbonyl (C=O) groups is 2. The summed E-state index contributed by atoms with van der Waals surface area (Å²) in [6.07, 6.45) is 2.04. The minimum Gasteiger partial charge on any atom is -0.395 e. The molecule has 0 heterocycles. The van der Waals surface area contributed by atoms with Crippen molar-refractivity contribution >= 4 is 11.8 Å². The molecule has 20 heavy (non-hydrogen) atoms. The second-order valence-electron chi connectivity index (χ2n) is 4.13. The second-order valence-corrected chi connectivity index (χ2v) is 4.13. The lowest BCUT2D eigenvalue weighted by atomic mass is 10.00. The Labute approximate surface area is 119 Å². The van der Waals surface area contributed by atoms with Crippen molar-refractivity contribution in [3.05, 3.63) is 12.7 Å². The van der Waals surface area contributed by atoms with Crippen LogP contribution < -0.4 is 10.6 Å². The molecule has 0 aromatic rings. The molecule has 0 saturated heterocycles. The van der Waals surface area contributed by atoms with Gasteiger partial charge in [-0.2, -0.15) is 0 Å². The third-order valence-electron chi connectivity index (χ3n) is 2.47. The van der Waals surface area contributed by atoms with Crippen molar-refractivity contribution in [3.63, 3.8) is 0 Å². The molecule has 4 N–H and O–H groups in total. The number of carbonyl (C=O) groups excluding carboxylic acids is 2. The Morgan fingerprint density at radius 3 is 2.50 bits per heavy atom. The molecule has 0 aliphatic rings. The zero-order valence-corrected chi connectivity index (χ0v) is 11.6. The number of aliphatic hydroxyl groups is 2. The Bertz CT molecular complexity index is 296. The van der Waals surface area contributed by atoms with E-state index in [1.54, 1.807) is 6.08 Å². The molecule has 0 aliphatic carbocycles. The van der Waals surface area contributed by atoms with Gasteiger partial charge in [-0.1, -0.05) is 6.08 Å². The van der Waals surface area contributed by atoms with Crippen LogP contribution in [0.3, 0.4) is 0 Å². The van der Waals surface area contributed by atoms with Crippen LogP contribution in [0.25, 0.3) is 0 Å². The van der Waals surface area contributed by atoms with E-state index in [9.17, 15) is 9.59 Å². The van der Waals surface area contributed by atoms with Crippen LogP contribution in [0.5, 0.6) is 0 Å². The van der Waals surface area contributed by atoms with Gasteiger partial charge in [-0.25, -0.2) is 0 Å². The maximum absolute atomic E-state index is 11.7. The first-order valence-electron chi connectivity index (χ1n) is 6.60. The van der Waals surface area contributed by atoms with Gasteiger partial charge in [0, 0.05) is 19.5 Å². The largest absolute Gasteiger partial charge is 0.395 e. The predicted molar refractivity (Wildman–Crippen MR) is 73.9 cm³/mol. The van der Waals surface area contributed by atoms with E-state index in [2.05, 4.69) is 17.2 Å². The van der Waals surface area contributed by atoms with Crippen molar-refractivity contribution in [3.8, 4) is 0 Å². The number of nitrogens with one attached hydrogen (secondary N) is 2. The Morgan fingerprint density at radius 2 is 1.90 bits per heavy atom. The summed E-state index contributed by atoms with van der Waals surface area (Å²) in [7, 11) is 0. The van der Waals surface area contributed by atoms with Crippen LogP contribution in [0.15, 0.2) is 12.7 Å². The van der Waals surface area contributed by atoms with Gasteiger partial charge in [-0.15, -0.1) is 6.58 Å². The van der Waals surface area contributed by atoms with E-state index in [0.29, 0.717) is 19.6 Å². The summed E-state index contributed by atoms with van der Waals surface area (Å²) >= 11 is 0. The molecular formula is C13H24N2O5.